The summed E-state index contributed by atoms with van der Waals surface area (Å²) in [5.41, 5.74) is 2.64. The van der Waals surface area contributed by atoms with Gasteiger partial charge in [-0.3, -0.25) is 9.62 Å². The molecule has 3 rings (SSSR count). The third-order valence-corrected chi connectivity index (χ3v) is 5.42. The van der Waals surface area contributed by atoms with Crippen molar-refractivity contribution < 1.29 is 13.2 Å². The average Bonchev–Trinajstić information content (AvgIpc) is 2.95. The maximum Gasteiger partial charge on any atom is 0.321 e. The summed E-state index contributed by atoms with van der Waals surface area (Å²) in [6.45, 7) is 4.76. The van der Waals surface area contributed by atoms with Crippen LogP contribution >= 0.6 is 0 Å². The van der Waals surface area contributed by atoms with E-state index in [1.54, 1.807) is 48.2 Å². The zero-order valence-electron chi connectivity index (χ0n) is 13.5. The van der Waals surface area contributed by atoms with E-state index in [4.69, 9.17) is 0 Å². The molecule has 0 radical (unpaired) electrons. The summed E-state index contributed by atoms with van der Waals surface area (Å²) in [6.07, 6.45) is 0. The Morgan fingerprint density at radius 2 is 1.92 bits per heavy atom. The molecular weight excluding hydrogens is 326 g/mol. The zero-order chi connectivity index (χ0) is 17.3. The second-order valence-electron chi connectivity index (χ2n) is 5.81. The number of hydrogen-bond donors (Lipinski definition) is 2. The highest BCUT2D eigenvalue weighted by Crippen LogP contribution is 2.24. The van der Waals surface area contributed by atoms with E-state index < -0.39 is 10.0 Å². The first-order valence-electron chi connectivity index (χ1n) is 7.62. The third-order valence-electron chi connectivity index (χ3n) is 3.90. The number of nitrogens with zero attached hydrogens (tertiary/aromatic N) is 1. The number of nitrogens with one attached hydrogen (secondary N) is 2. The van der Waals surface area contributed by atoms with Crippen molar-refractivity contribution in [1.82, 2.24) is 5.32 Å². The Balaban J connectivity index is 1.90. The van der Waals surface area contributed by atoms with Gasteiger partial charge in [0.05, 0.1) is 10.6 Å². The van der Waals surface area contributed by atoms with Gasteiger partial charge in [0.1, 0.15) is 0 Å². The average molecular weight is 345 g/mol. The Kier molecular flexibility index (Phi) is 4.19. The number of anilines is 2. The molecule has 2 aromatic carbocycles. The molecule has 1 heterocycles. The molecule has 126 valence electrons. The van der Waals surface area contributed by atoms with E-state index in [-0.39, 0.29) is 10.9 Å². The highest BCUT2D eigenvalue weighted by atomic mass is 32.2. The molecule has 0 bridgehead atoms. The molecular formula is C17H19N3O3S. The Morgan fingerprint density at radius 3 is 2.62 bits per heavy atom. The fraction of sp³-hybridized carbons (Fsp3) is 0.235. The van der Waals surface area contributed by atoms with E-state index in [1.807, 2.05) is 13.0 Å². The first kappa shape index (κ1) is 16.3. The minimum Gasteiger partial charge on any atom is -0.336 e. The van der Waals surface area contributed by atoms with Crippen molar-refractivity contribution in [2.24, 2.45) is 0 Å². The van der Waals surface area contributed by atoms with E-state index in [0.717, 1.165) is 5.56 Å². The van der Waals surface area contributed by atoms with Crippen LogP contribution in [0.3, 0.4) is 0 Å². The van der Waals surface area contributed by atoms with Crippen LogP contribution in [0.1, 0.15) is 11.1 Å². The van der Waals surface area contributed by atoms with Crippen LogP contribution in [0.5, 0.6) is 0 Å². The van der Waals surface area contributed by atoms with E-state index in [9.17, 15) is 13.2 Å². The van der Waals surface area contributed by atoms with Crippen molar-refractivity contribution in [2.75, 3.05) is 22.7 Å². The lowest BCUT2D eigenvalue weighted by Gasteiger charge is -2.16. The summed E-state index contributed by atoms with van der Waals surface area (Å²) in [4.78, 5) is 13.6. The highest BCUT2D eigenvalue weighted by molar-refractivity contribution is 7.92. The number of aryl methyl sites for hydroxylation is 2. The standard InChI is InChI=1S/C17H19N3O3S/c1-12-6-7-13(2)16(10-12)24(22,23)19-14-4-3-5-15(11-14)20-9-8-18-17(20)21/h3-7,10-11,19H,8-9H2,1-2H3,(H,18,21). The quantitative estimate of drug-likeness (QED) is 0.894. The van der Waals surface area contributed by atoms with E-state index >= 15 is 0 Å². The maximum atomic E-state index is 12.7. The minimum absolute atomic E-state index is 0.176. The summed E-state index contributed by atoms with van der Waals surface area (Å²) >= 11 is 0. The number of sulfonamides is 1. The van der Waals surface area contributed by atoms with Gasteiger partial charge in [-0.25, -0.2) is 13.2 Å². The SMILES string of the molecule is Cc1ccc(C)c(S(=O)(=O)Nc2cccc(N3CCNC3=O)c2)c1. The number of carbonyl (C=O) groups is 1. The van der Waals surface area contributed by atoms with Gasteiger partial charge < -0.3 is 5.32 Å². The summed E-state index contributed by atoms with van der Waals surface area (Å²) in [5, 5.41) is 2.72. The van der Waals surface area contributed by atoms with Crippen LogP contribution in [0.2, 0.25) is 0 Å². The van der Waals surface area contributed by atoms with Crippen LogP contribution in [0.25, 0.3) is 0 Å². The fourth-order valence-electron chi connectivity index (χ4n) is 2.66. The van der Waals surface area contributed by atoms with Crippen molar-refractivity contribution >= 4 is 27.4 Å². The van der Waals surface area contributed by atoms with Crippen molar-refractivity contribution in [3.8, 4) is 0 Å². The largest absolute Gasteiger partial charge is 0.336 e. The first-order valence-corrected chi connectivity index (χ1v) is 9.11. The summed E-state index contributed by atoms with van der Waals surface area (Å²) in [6, 6.07) is 12.0. The van der Waals surface area contributed by atoms with Gasteiger partial charge >= 0.3 is 6.03 Å². The van der Waals surface area contributed by atoms with Gasteiger partial charge in [0, 0.05) is 18.8 Å². The molecule has 0 aromatic heterocycles. The second-order valence-corrected chi connectivity index (χ2v) is 7.46. The summed E-state index contributed by atoms with van der Waals surface area (Å²) < 4.78 is 27.9. The molecule has 6 nitrogen and oxygen atoms in total. The third kappa shape index (κ3) is 3.21. The predicted molar refractivity (Wildman–Crippen MR) is 93.9 cm³/mol. The van der Waals surface area contributed by atoms with Crippen LogP contribution in [0.15, 0.2) is 47.4 Å². The number of rotatable bonds is 4. The van der Waals surface area contributed by atoms with Gasteiger partial charge in [-0.05, 0) is 49.2 Å². The van der Waals surface area contributed by atoms with Crippen molar-refractivity contribution in [3.05, 3.63) is 53.6 Å². The molecule has 7 heteroatoms. The number of hydrogen-bond acceptors (Lipinski definition) is 3. The molecule has 1 aliphatic rings. The Hall–Kier alpha value is -2.54. The maximum absolute atomic E-state index is 12.7. The Bertz CT molecular complexity index is 894. The molecule has 24 heavy (non-hydrogen) atoms. The number of benzene rings is 2. The number of amides is 2. The van der Waals surface area contributed by atoms with Crippen LogP contribution in [0.4, 0.5) is 16.2 Å². The van der Waals surface area contributed by atoms with Gasteiger partial charge in [-0.15, -0.1) is 0 Å². The molecule has 1 aliphatic heterocycles. The molecule has 0 atom stereocenters. The monoisotopic (exact) mass is 345 g/mol. The fourth-order valence-corrected chi connectivity index (χ4v) is 4.04. The van der Waals surface area contributed by atoms with Gasteiger partial charge in [-0.2, -0.15) is 0 Å². The second kappa shape index (κ2) is 6.16. The smallest absolute Gasteiger partial charge is 0.321 e. The Morgan fingerprint density at radius 1 is 1.12 bits per heavy atom. The molecule has 1 saturated heterocycles. The van der Waals surface area contributed by atoms with Crippen LogP contribution in [-0.2, 0) is 10.0 Å². The molecule has 0 unspecified atom stereocenters. The number of urea groups is 1. The van der Waals surface area contributed by atoms with Crippen molar-refractivity contribution in [3.63, 3.8) is 0 Å². The molecule has 0 aliphatic carbocycles. The summed E-state index contributed by atoms with van der Waals surface area (Å²) in [7, 11) is -3.69. The van der Waals surface area contributed by atoms with Gasteiger partial charge in [0.2, 0.25) is 0 Å². The lowest BCUT2D eigenvalue weighted by Crippen LogP contribution is -2.27. The van der Waals surface area contributed by atoms with Crippen molar-refractivity contribution in [1.29, 1.82) is 0 Å². The van der Waals surface area contributed by atoms with Crippen LogP contribution < -0.4 is 14.9 Å². The molecule has 2 amide bonds. The van der Waals surface area contributed by atoms with Crippen LogP contribution in [-0.4, -0.2) is 27.5 Å². The molecule has 0 saturated carbocycles. The van der Waals surface area contributed by atoms with E-state index in [2.05, 4.69) is 10.0 Å². The van der Waals surface area contributed by atoms with Gasteiger partial charge in [-0.1, -0.05) is 18.2 Å². The molecule has 2 aromatic rings. The Labute approximate surface area is 141 Å². The zero-order valence-corrected chi connectivity index (χ0v) is 14.4. The lowest BCUT2D eigenvalue weighted by molar-refractivity contribution is 0.252. The molecule has 2 N–H and O–H groups in total. The van der Waals surface area contributed by atoms with Gasteiger partial charge in [0.15, 0.2) is 0 Å². The highest BCUT2D eigenvalue weighted by Gasteiger charge is 2.22. The van der Waals surface area contributed by atoms with Gasteiger partial charge in [0.25, 0.3) is 10.0 Å². The van der Waals surface area contributed by atoms with Crippen LogP contribution in [0, 0.1) is 13.8 Å². The number of carbonyl (C=O) groups excluding carboxylic acids is 1. The van der Waals surface area contributed by atoms with Crippen molar-refractivity contribution in [2.45, 2.75) is 18.7 Å². The lowest BCUT2D eigenvalue weighted by atomic mass is 10.2. The summed E-state index contributed by atoms with van der Waals surface area (Å²) in [5.74, 6) is 0. The topological polar surface area (TPSA) is 78.5 Å². The predicted octanol–water partition coefficient (Wildman–Crippen LogP) is 2.63. The molecule has 1 fully saturated rings. The normalized spacial score (nSPS) is 14.6. The van der Waals surface area contributed by atoms with E-state index in [0.29, 0.717) is 30.0 Å². The minimum atomic E-state index is -3.69. The first-order chi connectivity index (χ1) is 11.4. The molecule has 0 spiro atoms. The van der Waals surface area contributed by atoms with E-state index in [1.165, 1.54) is 0 Å².